The van der Waals surface area contributed by atoms with Gasteiger partial charge in [0.1, 0.15) is 12.7 Å². The lowest BCUT2D eigenvalue weighted by Gasteiger charge is -2.17. The number of aliphatic hydroxyl groups excluding tert-OH is 1. The molecule has 0 bridgehead atoms. The first-order valence-electron chi connectivity index (χ1n) is 7.43. The standard InChI is InChI=1S/C15H29NO3/c1-15(2,3)8-6-4-5-7-14(18)19-12-13(17)11-16-9-10-16/h13,17H,4-12H2,1-3H3. The molecule has 0 spiro atoms. The van der Waals surface area contributed by atoms with Crippen LogP contribution in [0.5, 0.6) is 0 Å². The third-order valence-corrected chi connectivity index (χ3v) is 3.25. The molecule has 4 heteroatoms. The first-order chi connectivity index (χ1) is 8.87. The van der Waals surface area contributed by atoms with Gasteiger partial charge in [-0.2, -0.15) is 0 Å². The number of aliphatic hydroxyl groups is 1. The van der Waals surface area contributed by atoms with Crippen molar-refractivity contribution in [3.05, 3.63) is 0 Å². The van der Waals surface area contributed by atoms with E-state index in [-0.39, 0.29) is 12.6 Å². The first-order valence-corrected chi connectivity index (χ1v) is 7.43. The Morgan fingerprint density at radius 3 is 2.53 bits per heavy atom. The molecule has 0 aliphatic carbocycles. The van der Waals surface area contributed by atoms with E-state index in [0.29, 0.717) is 18.4 Å². The highest BCUT2D eigenvalue weighted by molar-refractivity contribution is 5.69. The molecule has 1 fully saturated rings. The highest BCUT2D eigenvalue weighted by atomic mass is 16.5. The third kappa shape index (κ3) is 9.91. The van der Waals surface area contributed by atoms with Crippen LogP contribution in [0.2, 0.25) is 0 Å². The van der Waals surface area contributed by atoms with Gasteiger partial charge in [0.2, 0.25) is 0 Å². The predicted octanol–water partition coefficient (Wildman–Crippen LogP) is 2.20. The average molecular weight is 271 g/mol. The van der Waals surface area contributed by atoms with Crippen LogP contribution in [0, 0.1) is 5.41 Å². The minimum absolute atomic E-state index is 0.136. The van der Waals surface area contributed by atoms with E-state index in [1.807, 2.05) is 0 Å². The summed E-state index contributed by atoms with van der Waals surface area (Å²) in [5, 5.41) is 9.59. The fourth-order valence-corrected chi connectivity index (χ4v) is 1.97. The summed E-state index contributed by atoms with van der Waals surface area (Å²) < 4.78 is 5.06. The largest absolute Gasteiger partial charge is 0.463 e. The van der Waals surface area contributed by atoms with Gasteiger partial charge >= 0.3 is 5.97 Å². The average Bonchev–Trinajstić information content (AvgIpc) is 3.08. The lowest BCUT2D eigenvalue weighted by molar-refractivity contribution is -0.146. The number of carbonyl (C=O) groups is 1. The van der Waals surface area contributed by atoms with Crippen LogP contribution in [0.15, 0.2) is 0 Å². The smallest absolute Gasteiger partial charge is 0.305 e. The highest BCUT2D eigenvalue weighted by Crippen LogP contribution is 2.22. The Kier molecular flexibility index (Phi) is 6.80. The molecule has 0 radical (unpaired) electrons. The van der Waals surface area contributed by atoms with Crippen LogP contribution in [0.3, 0.4) is 0 Å². The number of esters is 1. The van der Waals surface area contributed by atoms with E-state index in [1.165, 1.54) is 6.42 Å². The lowest BCUT2D eigenvalue weighted by atomic mass is 9.89. The minimum Gasteiger partial charge on any atom is -0.463 e. The second kappa shape index (κ2) is 7.85. The third-order valence-electron chi connectivity index (χ3n) is 3.25. The van der Waals surface area contributed by atoms with Crippen LogP contribution >= 0.6 is 0 Å². The molecule has 1 aliphatic heterocycles. The van der Waals surface area contributed by atoms with Crippen molar-refractivity contribution in [1.29, 1.82) is 0 Å². The SMILES string of the molecule is CC(C)(C)CCCCCC(=O)OCC(O)CN1CC1. The Morgan fingerprint density at radius 1 is 1.26 bits per heavy atom. The van der Waals surface area contributed by atoms with E-state index < -0.39 is 6.10 Å². The summed E-state index contributed by atoms with van der Waals surface area (Å²) in [5.74, 6) is -0.180. The molecular formula is C15H29NO3. The van der Waals surface area contributed by atoms with Crippen LogP contribution in [0.4, 0.5) is 0 Å². The van der Waals surface area contributed by atoms with Crippen LogP contribution in [0.25, 0.3) is 0 Å². The number of hydrogen-bond donors (Lipinski definition) is 1. The van der Waals surface area contributed by atoms with Gasteiger partial charge in [-0.1, -0.05) is 33.6 Å². The summed E-state index contributed by atoms with van der Waals surface area (Å²) in [6.07, 6.45) is 4.25. The molecule has 0 saturated carbocycles. The molecule has 1 N–H and O–H groups in total. The van der Waals surface area contributed by atoms with E-state index in [1.54, 1.807) is 0 Å². The van der Waals surface area contributed by atoms with E-state index in [4.69, 9.17) is 4.74 Å². The first kappa shape index (κ1) is 16.4. The zero-order valence-electron chi connectivity index (χ0n) is 12.7. The Balaban J connectivity index is 1.92. The molecule has 1 rings (SSSR count). The van der Waals surface area contributed by atoms with E-state index >= 15 is 0 Å². The summed E-state index contributed by atoms with van der Waals surface area (Å²) in [6, 6.07) is 0. The number of β-amino-alcohol motifs (C(OH)–C–C–N with tert-alkyl or cyclic N) is 1. The van der Waals surface area contributed by atoms with Crippen LogP contribution in [0.1, 0.15) is 52.9 Å². The molecule has 1 unspecified atom stereocenters. The van der Waals surface area contributed by atoms with Crippen molar-refractivity contribution >= 4 is 5.97 Å². The second-order valence-electron chi connectivity index (χ2n) is 6.76. The fourth-order valence-electron chi connectivity index (χ4n) is 1.97. The maximum atomic E-state index is 11.5. The number of carbonyl (C=O) groups excluding carboxylic acids is 1. The zero-order valence-corrected chi connectivity index (χ0v) is 12.7. The van der Waals surface area contributed by atoms with Crippen molar-refractivity contribution in [2.45, 2.75) is 59.0 Å². The van der Waals surface area contributed by atoms with Gasteiger partial charge in [0.25, 0.3) is 0 Å². The number of ether oxygens (including phenoxy) is 1. The van der Waals surface area contributed by atoms with E-state index in [0.717, 1.165) is 32.4 Å². The quantitative estimate of drug-likeness (QED) is 0.397. The second-order valence-corrected chi connectivity index (χ2v) is 6.76. The molecule has 4 nitrogen and oxygen atoms in total. The highest BCUT2D eigenvalue weighted by Gasteiger charge is 2.21. The Bertz CT molecular complexity index is 269. The molecule has 1 atom stereocenters. The Hall–Kier alpha value is -0.610. The van der Waals surface area contributed by atoms with Gasteiger partial charge in [-0.3, -0.25) is 9.69 Å². The van der Waals surface area contributed by atoms with Gasteiger partial charge < -0.3 is 9.84 Å². The summed E-state index contributed by atoms with van der Waals surface area (Å²) in [5.41, 5.74) is 0.378. The molecular weight excluding hydrogens is 242 g/mol. The Labute approximate surface area is 117 Å². The number of rotatable bonds is 9. The molecule has 1 aliphatic rings. The maximum Gasteiger partial charge on any atom is 0.305 e. The molecule has 19 heavy (non-hydrogen) atoms. The summed E-state index contributed by atoms with van der Waals surface area (Å²) in [7, 11) is 0. The number of unbranched alkanes of at least 4 members (excludes halogenated alkanes) is 2. The molecule has 0 amide bonds. The van der Waals surface area contributed by atoms with E-state index in [9.17, 15) is 9.90 Å². The number of nitrogens with zero attached hydrogens (tertiary/aromatic N) is 1. The predicted molar refractivity (Wildman–Crippen MR) is 75.9 cm³/mol. The fraction of sp³-hybridized carbons (Fsp3) is 0.933. The van der Waals surface area contributed by atoms with Crippen molar-refractivity contribution in [1.82, 2.24) is 4.90 Å². The monoisotopic (exact) mass is 271 g/mol. The van der Waals surface area contributed by atoms with Crippen LogP contribution in [-0.4, -0.2) is 48.3 Å². The van der Waals surface area contributed by atoms with Gasteiger partial charge in [-0.15, -0.1) is 0 Å². The normalized spacial score (nSPS) is 17.3. The van der Waals surface area contributed by atoms with Gasteiger partial charge in [-0.05, 0) is 18.3 Å². The summed E-state index contributed by atoms with van der Waals surface area (Å²) in [4.78, 5) is 13.6. The van der Waals surface area contributed by atoms with Crippen LogP contribution in [-0.2, 0) is 9.53 Å². The molecule has 1 heterocycles. The molecule has 0 aromatic carbocycles. The van der Waals surface area contributed by atoms with Crippen molar-refractivity contribution in [2.24, 2.45) is 5.41 Å². The zero-order chi connectivity index (χ0) is 14.3. The summed E-state index contributed by atoms with van der Waals surface area (Å²) >= 11 is 0. The minimum atomic E-state index is -0.535. The molecule has 1 saturated heterocycles. The Morgan fingerprint density at radius 2 is 1.95 bits per heavy atom. The van der Waals surface area contributed by atoms with Crippen molar-refractivity contribution in [3.63, 3.8) is 0 Å². The maximum absolute atomic E-state index is 11.5. The topological polar surface area (TPSA) is 49.5 Å². The van der Waals surface area contributed by atoms with Crippen molar-refractivity contribution < 1.29 is 14.6 Å². The van der Waals surface area contributed by atoms with Gasteiger partial charge in [0, 0.05) is 26.1 Å². The molecule has 112 valence electrons. The van der Waals surface area contributed by atoms with Crippen LogP contribution < -0.4 is 0 Å². The van der Waals surface area contributed by atoms with Crippen molar-refractivity contribution in [2.75, 3.05) is 26.2 Å². The summed E-state index contributed by atoms with van der Waals surface area (Å²) in [6.45, 7) is 9.57. The lowest BCUT2D eigenvalue weighted by Crippen LogP contribution is -2.26. The number of hydrogen-bond acceptors (Lipinski definition) is 4. The van der Waals surface area contributed by atoms with Gasteiger partial charge in [0.05, 0.1) is 0 Å². The van der Waals surface area contributed by atoms with Gasteiger partial charge in [0.15, 0.2) is 0 Å². The van der Waals surface area contributed by atoms with Crippen molar-refractivity contribution in [3.8, 4) is 0 Å². The van der Waals surface area contributed by atoms with E-state index in [2.05, 4.69) is 25.7 Å². The molecule has 0 aromatic heterocycles. The van der Waals surface area contributed by atoms with Gasteiger partial charge in [-0.25, -0.2) is 0 Å². The molecule has 0 aromatic rings.